The van der Waals surface area contributed by atoms with Crippen molar-refractivity contribution in [2.75, 3.05) is 11.9 Å². The minimum absolute atomic E-state index is 0.0530. The SMILES string of the molecule is CC(O)C1CCc2cc(NCC3CC3)ccc2O1. The summed E-state index contributed by atoms with van der Waals surface area (Å²) in [5.41, 5.74) is 2.45. The number of anilines is 1. The Hall–Kier alpha value is -1.22. The number of hydrogen-bond acceptors (Lipinski definition) is 3. The molecule has 1 aromatic carbocycles. The molecule has 3 nitrogen and oxygen atoms in total. The molecule has 18 heavy (non-hydrogen) atoms. The van der Waals surface area contributed by atoms with E-state index in [-0.39, 0.29) is 6.10 Å². The van der Waals surface area contributed by atoms with Crippen LogP contribution >= 0.6 is 0 Å². The van der Waals surface area contributed by atoms with E-state index in [4.69, 9.17) is 4.74 Å². The molecular weight excluding hydrogens is 226 g/mol. The topological polar surface area (TPSA) is 41.5 Å². The van der Waals surface area contributed by atoms with Crippen molar-refractivity contribution in [2.45, 2.75) is 44.8 Å². The summed E-state index contributed by atoms with van der Waals surface area (Å²) in [6.07, 6.45) is 4.18. The van der Waals surface area contributed by atoms with Crippen LogP contribution in [0.5, 0.6) is 5.75 Å². The molecule has 2 atom stereocenters. The summed E-state index contributed by atoms with van der Waals surface area (Å²) in [4.78, 5) is 0. The van der Waals surface area contributed by atoms with Gasteiger partial charge in [-0.2, -0.15) is 0 Å². The zero-order valence-corrected chi connectivity index (χ0v) is 10.9. The molecule has 98 valence electrons. The van der Waals surface area contributed by atoms with Gasteiger partial charge < -0.3 is 15.2 Å². The van der Waals surface area contributed by atoms with Crippen LogP contribution in [0.1, 0.15) is 31.7 Å². The number of nitrogens with one attached hydrogen (secondary N) is 1. The molecule has 3 heteroatoms. The first-order valence-corrected chi connectivity index (χ1v) is 6.94. The fraction of sp³-hybridized carbons (Fsp3) is 0.600. The Labute approximate surface area is 108 Å². The lowest BCUT2D eigenvalue weighted by molar-refractivity contribution is 0.0357. The van der Waals surface area contributed by atoms with Gasteiger partial charge in [0.25, 0.3) is 0 Å². The van der Waals surface area contributed by atoms with Crippen LogP contribution in [-0.4, -0.2) is 23.9 Å². The van der Waals surface area contributed by atoms with Crippen molar-refractivity contribution in [1.82, 2.24) is 0 Å². The fourth-order valence-corrected chi connectivity index (χ4v) is 2.44. The smallest absolute Gasteiger partial charge is 0.125 e. The summed E-state index contributed by atoms with van der Waals surface area (Å²) >= 11 is 0. The standard InChI is InChI=1S/C15H21NO2/c1-10(17)14-6-4-12-8-13(5-7-15(12)18-14)16-9-11-2-3-11/h5,7-8,10-11,14,16-17H,2-4,6,9H2,1H3. The second-order valence-electron chi connectivity index (χ2n) is 5.58. The van der Waals surface area contributed by atoms with Crippen LogP contribution in [0, 0.1) is 5.92 Å². The maximum absolute atomic E-state index is 9.57. The summed E-state index contributed by atoms with van der Waals surface area (Å²) < 4.78 is 5.81. The highest BCUT2D eigenvalue weighted by Crippen LogP contribution is 2.32. The molecule has 1 aromatic rings. The van der Waals surface area contributed by atoms with E-state index >= 15 is 0 Å². The molecule has 2 N–H and O–H groups in total. The lowest BCUT2D eigenvalue weighted by Crippen LogP contribution is -2.32. The third-order valence-corrected chi connectivity index (χ3v) is 3.87. The van der Waals surface area contributed by atoms with E-state index in [1.807, 2.05) is 6.07 Å². The van der Waals surface area contributed by atoms with E-state index < -0.39 is 6.10 Å². The van der Waals surface area contributed by atoms with Crippen molar-refractivity contribution >= 4 is 5.69 Å². The summed E-state index contributed by atoms with van der Waals surface area (Å²) in [7, 11) is 0. The predicted octanol–water partition coefficient (Wildman–Crippen LogP) is 2.58. The number of benzene rings is 1. The third-order valence-electron chi connectivity index (χ3n) is 3.87. The Morgan fingerprint density at radius 3 is 2.94 bits per heavy atom. The summed E-state index contributed by atoms with van der Waals surface area (Å²) in [5, 5.41) is 13.1. The number of aliphatic hydroxyl groups is 1. The van der Waals surface area contributed by atoms with Crippen LogP contribution in [0.15, 0.2) is 18.2 Å². The predicted molar refractivity (Wildman–Crippen MR) is 72.1 cm³/mol. The van der Waals surface area contributed by atoms with Crippen LogP contribution in [0.4, 0.5) is 5.69 Å². The second-order valence-corrected chi connectivity index (χ2v) is 5.58. The van der Waals surface area contributed by atoms with E-state index in [1.165, 1.54) is 24.1 Å². The summed E-state index contributed by atoms with van der Waals surface area (Å²) in [6.45, 7) is 2.89. The van der Waals surface area contributed by atoms with Crippen molar-refractivity contribution in [1.29, 1.82) is 0 Å². The minimum atomic E-state index is -0.397. The minimum Gasteiger partial charge on any atom is -0.487 e. The number of hydrogen-bond donors (Lipinski definition) is 2. The molecule has 0 radical (unpaired) electrons. The van der Waals surface area contributed by atoms with Crippen LogP contribution in [0.3, 0.4) is 0 Å². The first-order valence-electron chi connectivity index (χ1n) is 6.94. The number of rotatable bonds is 4. The van der Waals surface area contributed by atoms with Gasteiger partial charge in [-0.3, -0.25) is 0 Å². The van der Waals surface area contributed by atoms with Gasteiger partial charge in [0.15, 0.2) is 0 Å². The van der Waals surface area contributed by atoms with E-state index in [0.29, 0.717) is 0 Å². The molecule has 1 heterocycles. The zero-order valence-electron chi connectivity index (χ0n) is 10.9. The molecule has 3 rings (SSSR count). The van der Waals surface area contributed by atoms with Gasteiger partial charge in [0, 0.05) is 12.2 Å². The molecule has 1 aliphatic carbocycles. The van der Waals surface area contributed by atoms with Crippen LogP contribution in [0.25, 0.3) is 0 Å². The average molecular weight is 247 g/mol. The quantitative estimate of drug-likeness (QED) is 0.859. The van der Waals surface area contributed by atoms with Crippen LogP contribution in [0.2, 0.25) is 0 Å². The Bertz CT molecular complexity index is 427. The third kappa shape index (κ3) is 2.61. The van der Waals surface area contributed by atoms with Crippen molar-refractivity contribution < 1.29 is 9.84 Å². The molecule has 0 saturated heterocycles. The van der Waals surface area contributed by atoms with E-state index in [9.17, 15) is 5.11 Å². The lowest BCUT2D eigenvalue weighted by Gasteiger charge is -2.28. The highest BCUT2D eigenvalue weighted by Gasteiger charge is 2.24. The Balaban J connectivity index is 1.67. The summed E-state index contributed by atoms with van der Waals surface area (Å²) in [5.74, 6) is 1.82. The first-order chi connectivity index (χ1) is 8.72. The largest absolute Gasteiger partial charge is 0.487 e. The van der Waals surface area contributed by atoms with Crippen molar-refractivity contribution in [3.05, 3.63) is 23.8 Å². The fourth-order valence-electron chi connectivity index (χ4n) is 2.44. The Morgan fingerprint density at radius 2 is 2.22 bits per heavy atom. The van der Waals surface area contributed by atoms with Crippen LogP contribution in [-0.2, 0) is 6.42 Å². The molecule has 2 unspecified atom stereocenters. The number of fused-ring (bicyclic) bond motifs is 1. The maximum atomic E-state index is 9.57. The van der Waals surface area contributed by atoms with Crippen molar-refractivity contribution in [3.8, 4) is 5.75 Å². The van der Waals surface area contributed by atoms with Gasteiger partial charge in [-0.25, -0.2) is 0 Å². The van der Waals surface area contributed by atoms with Crippen LogP contribution < -0.4 is 10.1 Å². The highest BCUT2D eigenvalue weighted by molar-refractivity contribution is 5.52. The van der Waals surface area contributed by atoms with Gasteiger partial charge in [0.2, 0.25) is 0 Å². The molecular formula is C15H21NO2. The molecule has 1 aliphatic heterocycles. The van der Waals surface area contributed by atoms with Gasteiger partial charge in [-0.05, 0) is 62.3 Å². The molecule has 0 aromatic heterocycles. The molecule has 1 saturated carbocycles. The molecule has 1 fully saturated rings. The Kier molecular flexibility index (Phi) is 3.16. The number of aliphatic hydroxyl groups excluding tert-OH is 1. The molecule has 0 amide bonds. The first kappa shape index (κ1) is 11.8. The van der Waals surface area contributed by atoms with E-state index in [2.05, 4.69) is 17.4 Å². The van der Waals surface area contributed by atoms with Gasteiger partial charge in [0.05, 0.1) is 6.10 Å². The van der Waals surface area contributed by atoms with Gasteiger partial charge in [-0.15, -0.1) is 0 Å². The molecule has 0 spiro atoms. The Morgan fingerprint density at radius 1 is 1.39 bits per heavy atom. The lowest BCUT2D eigenvalue weighted by atomic mass is 9.99. The maximum Gasteiger partial charge on any atom is 0.125 e. The average Bonchev–Trinajstić information content (AvgIpc) is 3.19. The highest BCUT2D eigenvalue weighted by atomic mass is 16.5. The number of ether oxygens (including phenoxy) is 1. The molecule has 0 bridgehead atoms. The zero-order chi connectivity index (χ0) is 12.5. The van der Waals surface area contributed by atoms with E-state index in [0.717, 1.165) is 31.1 Å². The second kappa shape index (κ2) is 4.81. The van der Waals surface area contributed by atoms with Crippen molar-refractivity contribution in [2.24, 2.45) is 5.92 Å². The van der Waals surface area contributed by atoms with Gasteiger partial charge in [0.1, 0.15) is 11.9 Å². The molecule has 2 aliphatic rings. The van der Waals surface area contributed by atoms with Gasteiger partial charge >= 0.3 is 0 Å². The monoisotopic (exact) mass is 247 g/mol. The normalized spacial score (nSPS) is 24.0. The van der Waals surface area contributed by atoms with Crippen molar-refractivity contribution in [3.63, 3.8) is 0 Å². The summed E-state index contributed by atoms with van der Waals surface area (Å²) in [6, 6.07) is 6.29. The van der Waals surface area contributed by atoms with E-state index in [1.54, 1.807) is 6.92 Å². The number of aryl methyl sites for hydroxylation is 1. The van der Waals surface area contributed by atoms with Gasteiger partial charge in [-0.1, -0.05) is 0 Å².